The molecule has 2 aromatic carbocycles. The first-order valence-electron chi connectivity index (χ1n) is 9.61. The maximum Gasteiger partial charge on any atom is 0.229 e. The highest BCUT2D eigenvalue weighted by molar-refractivity contribution is 5.65. The predicted molar refractivity (Wildman–Crippen MR) is 116 cm³/mol. The lowest BCUT2D eigenvalue weighted by Crippen LogP contribution is -2.44. The Bertz CT molecular complexity index is 1000. The Labute approximate surface area is 170 Å². The van der Waals surface area contributed by atoms with Crippen LogP contribution in [0.3, 0.4) is 0 Å². The minimum Gasteiger partial charge on any atom is -0.369 e. The molecule has 3 aromatic rings. The molecule has 1 saturated heterocycles. The molecule has 0 radical (unpaired) electrons. The molecule has 29 heavy (non-hydrogen) atoms. The third kappa shape index (κ3) is 4.62. The Morgan fingerprint density at radius 3 is 2.45 bits per heavy atom. The van der Waals surface area contributed by atoms with E-state index >= 15 is 0 Å². The Morgan fingerprint density at radius 2 is 1.69 bits per heavy atom. The zero-order valence-electron chi connectivity index (χ0n) is 16.3. The molecule has 2 N–H and O–H groups in total. The largest absolute Gasteiger partial charge is 0.369 e. The first-order valence-corrected chi connectivity index (χ1v) is 9.61. The number of hydrogen-bond acceptors (Lipinski definition) is 7. The van der Waals surface area contributed by atoms with Crippen LogP contribution in [0.15, 0.2) is 60.8 Å². The van der Waals surface area contributed by atoms with Crippen LogP contribution >= 0.6 is 0 Å². The van der Waals surface area contributed by atoms with E-state index in [4.69, 9.17) is 0 Å². The van der Waals surface area contributed by atoms with Crippen LogP contribution in [0, 0.1) is 11.3 Å². The Kier molecular flexibility index (Phi) is 5.54. The van der Waals surface area contributed by atoms with Crippen LogP contribution in [-0.2, 0) is 0 Å². The van der Waals surface area contributed by atoms with E-state index in [0.717, 1.165) is 37.6 Å². The fraction of sp³-hybridized carbons (Fsp3) is 0.227. The van der Waals surface area contributed by atoms with Gasteiger partial charge in [-0.2, -0.15) is 10.2 Å². The molecule has 1 aromatic heterocycles. The second-order valence-electron chi connectivity index (χ2n) is 7.01. The van der Waals surface area contributed by atoms with E-state index in [9.17, 15) is 5.26 Å². The van der Waals surface area contributed by atoms with Crippen molar-refractivity contribution in [3.63, 3.8) is 0 Å². The molecule has 0 amide bonds. The standard InChI is InChI=1S/C22H23N7/c1-28-12-14-29(15-13-28)19-8-6-18(7-9-19)25-22-24-11-10-21(27-22)26-20-5-3-2-4-17(20)16-23/h2-11H,12-15H2,1H3,(H2,24,25,26,27). The summed E-state index contributed by atoms with van der Waals surface area (Å²) in [6, 6.07) is 19.6. The Hall–Kier alpha value is -3.63. The first-order chi connectivity index (χ1) is 14.2. The van der Waals surface area contributed by atoms with E-state index < -0.39 is 0 Å². The highest BCUT2D eigenvalue weighted by Gasteiger charge is 2.14. The summed E-state index contributed by atoms with van der Waals surface area (Å²) in [7, 11) is 2.16. The summed E-state index contributed by atoms with van der Waals surface area (Å²) in [4.78, 5) is 13.5. The summed E-state index contributed by atoms with van der Waals surface area (Å²) in [5.74, 6) is 1.12. The van der Waals surface area contributed by atoms with Crippen molar-refractivity contribution in [3.05, 3.63) is 66.4 Å². The van der Waals surface area contributed by atoms with Gasteiger partial charge in [0.05, 0.1) is 11.3 Å². The number of para-hydroxylation sites is 1. The molecule has 7 heteroatoms. The first kappa shape index (κ1) is 18.7. The lowest BCUT2D eigenvalue weighted by Gasteiger charge is -2.34. The molecule has 1 aliphatic heterocycles. The van der Waals surface area contributed by atoms with Crippen LogP contribution in [0.25, 0.3) is 0 Å². The van der Waals surface area contributed by atoms with Gasteiger partial charge in [0.25, 0.3) is 0 Å². The summed E-state index contributed by atoms with van der Waals surface area (Å²) in [5, 5.41) is 15.7. The number of anilines is 5. The number of nitrogens with zero attached hydrogens (tertiary/aromatic N) is 5. The van der Waals surface area contributed by atoms with Gasteiger partial charge in [-0.1, -0.05) is 12.1 Å². The maximum atomic E-state index is 9.23. The van der Waals surface area contributed by atoms with Crippen molar-refractivity contribution in [2.24, 2.45) is 0 Å². The normalized spacial score (nSPS) is 14.3. The van der Waals surface area contributed by atoms with Crippen molar-refractivity contribution in [2.45, 2.75) is 0 Å². The van der Waals surface area contributed by atoms with E-state index in [0.29, 0.717) is 17.3 Å². The molecule has 7 nitrogen and oxygen atoms in total. The molecule has 0 atom stereocenters. The monoisotopic (exact) mass is 385 g/mol. The average Bonchev–Trinajstić information content (AvgIpc) is 2.76. The number of nitriles is 1. The third-order valence-corrected chi connectivity index (χ3v) is 4.96. The lowest BCUT2D eigenvalue weighted by atomic mass is 10.2. The molecule has 0 saturated carbocycles. The molecule has 0 spiro atoms. The minimum atomic E-state index is 0.497. The SMILES string of the molecule is CN1CCN(c2ccc(Nc3nccc(Nc4ccccc4C#N)n3)cc2)CC1. The van der Waals surface area contributed by atoms with Gasteiger partial charge < -0.3 is 20.4 Å². The number of nitrogens with one attached hydrogen (secondary N) is 2. The molecule has 1 aliphatic rings. The van der Waals surface area contributed by atoms with E-state index in [2.05, 4.69) is 55.7 Å². The smallest absolute Gasteiger partial charge is 0.229 e. The van der Waals surface area contributed by atoms with Gasteiger partial charge in [0.15, 0.2) is 0 Å². The molecule has 2 heterocycles. The number of likely N-dealkylation sites (N-methyl/N-ethyl adjacent to an activating group) is 1. The van der Waals surface area contributed by atoms with Gasteiger partial charge in [0, 0.05) is 43.8 Å². The molecule has 0 unspecified atom stereocenters. The van der Waals surface area contributed by atoms with E-state index in [1.54, 1.807) is 18.3 Å². The van der Waals surface area contributed by atoms with Crippen LogP contribution in [0.2, 0.25) is 0 Å². The van der Waals surface area contributed by atoms with Crippen molar-refractivity contribution >= 4 is 28.8 Å². The van der Waals surface area contributed by atoms with Crippen molar-refractivity contribution in [1.82, 2.24) is 14.9 Å². The third-order valence-electron chi connectivity index (χ3n) is 4.96. The molecule has 0 aliphatic carbocycles. The summed E-state index contributed by atoms with van der Waals surface area (Å²) in [6.45, 7) is 4.26. The summed E-state index contributed by atoms with van der Waals surface area (Å²) in [5.41, 5.74) is 3.45. The van der Waals surface area contributed by atoms with Gasteiger partial charge >= 0.3 is 0 Å². The number of aromatic nitrogens is 2. The van der Waals surface area contributed by atoms with Gasteiger partial charge in [0.1, 0.15) is 11.9 Å². The fourth-order valence-electron chi connectivity index (χ4n) is 3.27. The van der Waals surface area contributed by atoms with E-state index in [1.807, 2.05) is 30.3 Å². The van der Waals surface area contributed by atoms with E-state index in [1.165, 1.54) is 5.69 Å². The number of piperazine rings is 1. The van der Waals surface area contributed by atoms with E-state index in [-0.39, 0.29) is 0 Å². The van der Waals surface area contributed by atoms with Crippen molar-refractivity contribution in [3.8, 4) is 6.07 Å². The number of hydrogen-bond donors (Lipinski definition) is 2. The zero-order chi connectivity index (χ0) is 20.1. The van der Waals surface area contributed by atoms with Crippen LogP contribution < -0.4 is 15.5 Å². The predicted octanol–water partition coefficient (Wildman–Crippen LogP) is 3.59. The maximum absolute atomic E-state index is 9.23. The molecular formula is C22H23N7. The molecule has 1 fully saturated rings. The van der Waals surface area contributed by atoms with Crippen LogP contribution in [0.5, 0.6) is 0 Å². The number of benzene rings is 2. The summed E-state index contributed by atoms with van der Waals surface area (Å²) >= 11 is 0. The summed E-state index contributed by atoms with van der Waals surface area (Å²) < 4.78 is 0. The fourth-order valence-corrected chi connectivity index (χ4v) is 3.27. The highest BCUT2D eigenvalue weighted by atomic mass is 15.2. The van der Waals surface area contributed by atoms with Crippen LogP contribution in [0.1, 0.15) is 5.56 Å². The van der Waals surface area contributed by atoms with Crippen LogP contribution in [-0.4, -0.2) is 48.1 Å². The average molecular weight is 385 g/mol. The lowest BCUT2D eigenvalue weighted by molar-refractivity contribution is 0.313. The number of rotatable bonds is 5. The van der Waals surface area contributed by atoms with Gasteiger partial charge in [0.2, 0.25) is 5.95 Å². The zero-order valence-corrected chi connectivity index (χ0v) is 16.3. The van der Waals surface area contributed by atoms with Crippen molar-refractivity contribution < 1.29 is 0 Å². The van der Waals surface area contributed by atoms with Crippen molar-refractivity contribution in [1.29, 1.82) is 5.26 Å². The Morgan fingerprint density at radius 1 is 0.931 bits per heavy atom. The molecular weight excluding hydrogens is 362 g/mol. The van der Waals surface area contributed by atoms with Crippen molar-refractivity contribution in [2.75, 3.05) is 48.8 Å². The molecule has 4 rings (SSSR count). The molecule has 146 valence electrons. The molecule has 0 bridgehead atoms. The second-order valence-corrected chi connectivity index (χ2v) is 7.01. The Balaban J connectivity index is 1.43. The quantitative estimate of drug-likeness (QED) is 0.695. The van der Waals surface area contributed by atoms with Crippen LogP contribution in [0.4, 0.5) is 28.8 Å². The topological polar surface area (TPSA) is 80.1 Å². The second kappa shape index (κ2) is 8.59. The van der Waals surface area contributed by atoms with Gasteiger partial charge in [-0.25, -0.2) is 4.98 Å². The minimum absolute atomic E-state index is 0.497. The highest BCUT2D eigenvalue weighted by Crippen LogP contribution is 2.23. The van der Waals surface area contributed by atoms with Gasteiger partial charge in [-0.3, -0.25) is 0 Å². The van der Waals surface area contributed by atoms with Gasteiger partial charge in [-0.15, -0.1) is 0 Å². The van der Waals surface area contributed by atoms with Gasteiger partial charge in [-0.05, 0) is 49.5 Å². The summed E-state index contributed by atoms with van der Waals surface area (Å²) in [6.07, 6.45) is 1.69.